The Morgan fingerprint density at radius 1 is 0.971 bits per heavy atom. The Bertz CT molecular complexity index is 1270. The van der Waals surface area contributed by atoms with Crippen molar-refractivity contribution in [1.82, 2.24) is 0 Å². The second kappa shape index (κ2) is 8.43. The van der Waals surface area contributed by atoms with E-state index in [1.165, 1.54) is 12.1 Å². The zero-order valence-electron chi connectivity index (χ0n) is 17.5. The molecule has 3 aromatic carbocycles. The molecule has 4 rings (SSSR count). The number of phenolic OH excluding ortho intramolecular Hbond substituents is 6. The Hall–Kier alpha value is -4.54. The molecule has 0 amide bonds. The van der Waals surface area contributed by atoms with E-state index in [4.69, 9.17) is 14.2 Å². The number of ether oxygens (including phenoxy) is 3. The highest BCUT2D eigenvalue weighted by Crippen LogP contribution is 2.45. The molecular weight excluding hydrogens is 455 g/mol. The molecule has 178 valence electrons. The van der Waals surface area contributed by atoms with Crippen molar-refractivity contribution in [2.45, 2.75) is 18.6 Å². The highest BCUT2D eigenvalue weighted by molar-refractivity contribution is 5.91. The van der Waals surface area contributed by atoms with Gasteiger partial charge in [-0.25, -0.2) is 9.18 Å². The van der Waals surface area contributed by atoms with Crippen LogP contribution in [0.2, 0.25) is 0 Å². The Kier molecular flexibility index (Phi) is 5.61. The average Bonchev–Trinajstić information content (AvgIpc) is 2.81. The van der Waals surface area contributed by atoms with Gasteiger partial charge in [-0.15, -0.1) is 0 Å². The van der Waals surface area contributed by atoms with Crippen LogP contribution in [0.5, 0.6) is 46.0 Å². The molecule has 1 aliphatic heterocycles. The molecule has 0 aliphatic carbocycles. The maximum Gasteiger partial charge on any atom is 0.341 e. The molecule has 6 N–H and O–H groups in total. The first-order chi connectivity index (χ1) is 16.1. The number of fused-ring (bicyclic) bond motifs is 1. The summed E-state index contributed by atoms with van der Waals surface area (Å²) in [5.74, 6) is -7.19. The van der Waals surface area contributed by atoms with Gasteiger partial charge in [-0.05, 0) is 24.3 Å². The minimum absolute atomic E-state index is 0.103. The molecule has 11 heteroatoms. The fraction of sp³-hybridized carbons (Fsp3) is 0.174. The first-order valence-electron chi connectivity index (χ1n) is 9.84. The highest BCUT2D eigenvalue weighted by atomic mass is 19.1. The van der Waals surface area contributed by atoms with Crippen molar-refractivity contribution in [1.29, 1.82) is 0 Å². The van der Waals surface area contributed by atoms with Crippen LogP contribution in [0.25, 0.3) is 0 Å². The number of hydrogen-bond acceptors (Lipinski definition) is 10. The third kappa shape index (κ3) is 3.76. The Labute approximate surface area is 191 Å². The number of halogens is 1. The van der Waals surface area contributed by atoms with Crippen LogP contribution < -0.4 is 9.47 Å². The summed E-state index contributed by atoms with van der Waals surface area (Å²) in [5.41, 5.74) is -0.355. The lowest BCUT2D eigenvalue weighted by molar-refractivity contribution is -0.0192. The van der Waals surface area contributed by atoms with Gasteiger partial charge in [0.05, 0.1) is 7.11 Å². The summed E-state index contributed by atoms with van der Waals surface area (Å²) in [6, 6.07) is 7.47. The normalized spacial score (nSPS) is 16.9. The molecule has 0 radical (unpaired) electrons. The molecule has 0 bridgehead atoms. The maximum absolute atomic E-state index is 14.5. The van der Waals surface area contributed by atoms with Crippen molar-refractivity contribution < 1.29 is 54.0 Å². The van der Waals surface area contributed by atoms with Crippen molar-refractivity contribution in [3.8, 4) is 46.0 Å². The number of carbonyl (C=O) groups is 1. The third-order valence-electron chi connectivity index (χ3n) is 5.40. The summed E-state index contributed by atoms with van der Waals surface area (Å²) in [6.45, 7) is 0. The van der Waals surface area contributed by atoms with E-state index < -0.39 is 58.3 Å². The van der Waals surface area contributed by atoms with E-state index >= 15 is 0 Å². The predicted octanol–water partition coefficient (Wildman–Crippen LogP) is 2.97. The summed E-state index contributed by atoms with van der Waals surface area (Å²) < 4.78 is 30.7. The largest absolute Gasteiger partial charge is 0.508 e. The van der Waals surface area contributed by atoms with E-state index in [2.05, 4.69) is 0 Å². The number of hydrogen-bond donors (Lipinski definition) is 6. The first-order valence-corrected chi connectivity index (χ1v) is 9.84. The zero-order chi connectivity index (χ0) is 24.7. The van der Waals surface area contributed by atoms with Crippen molar-refractivity contribution in [2.24, 2.45) is 0 Å². The Balaban J connectivity index is 1.76. The van der Waals surface area contributed by atoms with Gasteiger partial charge in [0, 0.05) is 23.6 Å². The molecule has 0 spiro atoms. The zero-order valence-corrected chi connectivity index (χ0v) is 17.5. The summed E-state index contributed by atoms with van der Waals surface area (Å²) in [6.07, 6.45) is -2.49. The van der Waals surface area contributed by atoms with Gasteiger partial charge in [-0.2, -0.15) is 0 Å². The van der Waals surface area contributed by atoms with E-state index in [1.54, 1.807) is 6.07 Å². The standard InChI is InChI=1S/C23H19FO10/c1-32-16-8-11(18(24)21(30)20(16)29)23(31)34-17-7-10-12(25)3-2-4-15(10)33-22(17)9-5-13(26)19(28)14(27)6-9/h2-6,8,17,22,25-30H,7H2,1H3/t17-,22?/m1/s1. The molecule has 0 saturated carbocycles. The molecule has 0 saturated heterocycles. The topological polar surface area (TPSA) is 166 Å². The second-order valence-electron chi connectivity index (χ2n) is 7.49. The fourth-order valence-electron chi connectivity index (χ4n) is 3.68. The van der Waals surface area contributed by atoms with Crippen LogP contribution in [0.3, 0.4) is 0 Å². The third-order valence-corrected chi connectivity index (χ3v) is 5.40. The van der Waals surface area contributed by atoms with Crippen molar-refractivity contribution in [3.63, 3.8) is 0 Å². The lowest BCUT2D eigenvalue weighted by Crippen LogP contribution is -2.35. The quantitative estimate of drug-likeness (QED) is 0.244. The monoisotopic (exact) mass is 474 g/mol. The summed E-state index contributed by atoms with van der Waals surface area (Å²) in [4.78, 5) is 12.9. The summed E-state index contributed by atoms with van der Waals surface area (Å²) in [7, 11) is 1.13. The van der Waals surface area contributed by atoms with E-state index in [-0.39, 0.29) is 34.8 Å². The Morgan fingerprint density at radius 2 is 1.65 bits per heavy atom. The molecule has 2 atom stereocenters. The second-order valence-corrected chi connectivity index (χ2v) is 7.49. The van der Waals surface area contributed by atoms with Crippen LogP contribution in [0, 0.1) is 5.82 Å². The van der Waals surface area contributed by atoms with Crippen LogP contribution in [0.4, 0.5) is 4.39 Å². The van der Waals surface area contributed by atoms with Crippen LogP contribution in [-0.2, 0) is 11.2 Å². The number of benzene rings is 3. The van der Waals surface area contributed by atoms with E-state index in [0.29, 0.717) is 0 Å². The molecule has 1 heterocycles. The first kappa shape index (κ1) is 22.6. The highest BCUT2D eigenvalue weighted by Gasteiger charge is 2.37. The van der Waals surface area contributed by atoms with Crippen molar-refractivity contribution in [2.75, 3.05) is 7.11 Å². The van der Waals surface area contributed by atoms with Gasteiger partial charge in [0.1, 0.15) is 23.2 Å². The van der Waals surface area contributed by atoms with Gasteiger partial charge >= 0.3 is 5.97 Å². The van der Waals surface area contributed by atoms with E-state index in [1.807, 2.05) is 0 Å². The lowest BCUT2D eigenvalue weighted by atomic mass is 9.93. The number of phenols is 6. The van der Waals surface area contributed by atoms with Gasteiger partial charge in [0.25, 0.3) is 0 Å². The number of esters is 1. The van der Waals surface area contributed by atoms with Gasteiger partial charge in [-0.1, -0.05) is 6.07 Å². The lowest BCUT2D eigenvalue weighted by Gasteiger charge is -2.34. The van der Waals surface area contributed by atoms with Crippen molar-refractivity contribution in [3.05, 3.63) is 58.9 Å². The van der Waals surface area contributed by atoms with Crippen LogP contribution in [0.1, 0.15) is 27.6 Å². The van der Waals surface area contributed by atoms with Crippen LogP contribution in [0.15, 0.2) is 36.4 Å². The van der Waals surface area contributed by atoms with Crippen molar-refractivity contribution >= 4 is 5.97 Å². The van der Waals surface area contributed by atoms with Crippen LogP contribution >= 0.6 is 0 Å². The number of aromatic hydroxyl groups is 6. The smallest absolute Gasteiger partial charge is 0.341 e. The maximum atomic E-state index is 14.5. The van der Waals surface area contributed by atoms with Gasteiger partial charge in [0.2, 0.25) is 5.75 Å². The predicted molar refractivity (Wildman–Crippen MR) is 112 cm³/mol. The minimum Gasteiger partial charge on any atom is -0.508 e. The number of rotatable bonds is 4. The number of carbonyl (C=O) groups excluding carboxylic acids is 1. The molecule has 34 heavy (non-hydrogen) atoms. The van der Waals surface area contributed by atoms with Crippen LogP contribution in [-0.4, -0.2) is 49.8 Å². The molecule has 3 aromatic rings. The van der Waals surface area contributed by atoms with Gasteiger partial charge < -0.3 is 44.8 Å². The molecule has 0 fully saturated rings. The minimum atomic E-state index is -1.44. The fourth-order valence-corrected chi connectivity index (χ4v) is 3.68. The molecule has 0 aromatic heterocycles. The van der Waals surface area contributed by atoms with Gasteiger partial charge in [-0.3, -0.25) is 0 Å². The average molecular weight is 474 g/mol. The molecule has 1 aliphatic rings. The summed E-state index contributed by atoms with van der Waals surface area (Å²) >= 11 is 0. The van der Waals surface area contributed by atoms with E-state index in [0.717, 1.165) is 25.3 Å². The molecule has 10 nitrogen and oxygen atoms in total. The molecular formula is C23H19FO10. The van der Waals surface area contributed by atoms with Gasteiger partial charge in [0.15, 0.2) is 40.7 Å². The Morgan fingerprint density at radius 3 is 2.29 bits per heavy atom. The van der Waals surface area contributed by atoms with E-state index in [9.17, 15) is 39.8 Å². The molecule has 1 unspecified atom stereocenters. The number of methoxy groups -OCH3 is 1. The SMILES string of the molecule is COc1cc(C(=O)O[C@@H]2Cc3c(O)cccc3OC2c2cc(O)c(O)c(O)c2)c(F)c(O)c1O. The summed E-state index contributed by atoms with van der Waals surface area (Å²) in [5, 5.41) is 59.2.